The molecule has 1 aliphatic rings. The third kappa shape index (κ3) is 3.55. The summed E-state index contributed by atoms with van der Waals surface area (Å²) in [5.74, 6) is -0.841. The molecule has 0 aromatic heterocycles. The van der Waals surface area contributed by atoms with Crippen LogP contribution in [0.15, 0.2) is 18.2 Å². The lowest BCUT2D eigenvalue weighted by atomic mass is 10.1. The molecule has 0 bridgehead atoms. The Hall–Kier alpha value is -1.46. The van der Waals surface area contributed by atoms with E-state index < -0.39 is 5.97 Å². The summed E-state index contributed by atoms with van der Waals surface area (Å²) in [5, 5.41) is 12.2. The predicted octanol–water partition coefficient (Wildman–Crippen LogP) is 3.32. The van der Waals surface area contributed by atoms with E-state index >= 15 is 0 Å². The van der Waals surface area contributed by atoms with Crippen molar-refractivity contribution in [3.63, 3.8) is 0 Å². The molecule has 7 heteroatoms. The molecule has 1 heterocycles. The molecule has 0 aliphatic carbocycles. The maximum absolute atomic E-state index is 12.1. The van der Waals surface area contributed by atoms with Gasteiger partial charge in [0, 0.05) is 19.5 Å². The van der Waals surface area contributed by atoms with E-state index in [1.165, 1.54) is 0 Å². The number of nitrogens with zero attached hydrogens (tertiary/aromatic N) is 1. The van der Waals surface area contributed by atoms with Crippen molar-refractivity contribution in [1.82, 2.24) is 4.90 Å². The molecule has 0 saturated carbocycles. The minimum absolute atomic E-state index is 0.0000303. The molecule has 2 amide bonds. The van der Waals surface area contributed by atoms with Crippen molar-refractivity contribution in [2.45, 2.75) is 12.8 Å². The number of anilines is 1. The molecule has 1 aliphatic heterocycles. The van der Waals surface area contributed by atoms with Gasteiger partial charge in [0.05, 0.1) is 15.7 Å². The lowest BCUT2D eigenvalue weighted by Crippen LogP contribution is -2.33. The van der Waals surface area contributed by atoms with Gasteiger partial charge in [-0.15, -0.1) is 0 Å². The van der Waals surface area contributed by atoms with Crippen molar-refractivity contribution < 1.29 is 14.7 Å². The Morgan fingerprint density at radius 3 is 2.60 bits per heavy atom. The van der Waals surface area contributed by atoms with Crippen molar-refractivity contribution in [3.05, 3.63) is 28.2 Å². The molecule has 1 atom stereocenters. The number of aliphatic carboxylic acids is 1. The van der Waals surface area contributed by atoms with Crippen LogP contribution in [0.3, 0.4) is 0 Å². The SMILES string of the molecule is O=C(O)CC1CCN(C(=O)Nc2c(Cl)cccc2Cl)C1. The Labute approximate surface area is 126 Å². The van der Waals surface area contributed by atoms with Crippen LogP contribution in [0.2, 0.25) is 10.0 Å². The van der Waals surface area contributed by atoms with Crippen LogP contribution in [-0.2, 0) is 4.79 Å². The zero-order chi connectivity index (χ0) is 14.7. The number of carbonyl (C=O) groups excluding carboxylic acids is 1. The fraction of sp³-hybridized carbons (Fsp3) is 0.385. The second-order valence-corrected chi connectivity index (χ2v) is 5.54. The Kier molecular flexibility index (Phi) is 4.73. The van der Waals surface area contributed by atoms with Crippen molar-refractivity contribution in [3.8, 4) is 0 Å². The molecule has 1 saturated heterocycles. The highest BCUT2D eigenvalue weighted by Crippen LogP contribution is 2.30. The maximum atomic E-state index is 12.1. The number of urea groups is 1. The van der Waals surface area contributed by atoms with Gasteiger partial charge >= 0.3 is 12.0 Å². The molecule has 20 heavy (non-hydrogen) atoms. The maximum Gasteiger partial charge on any atom is 0.321 e. The van der Waals surface area contributed by atoms with E-state index in [1.54, 1.807) is 23.1 Å². The molecule has 1 fully saturated rings. The van der Waals surface area contributed by atoms with Gasteiger partial charge in [-0.05, 0) is 24.5 Å². The molecule has 2 N–H and O–H groups in total. The highest BCUT2D eigenvalue weighted by Gasteiger charge is 2.28. The lowest BCUT2D eigenvalue weighted by Gasteiger charge is -2.18. The van der Waals surface area contributed by atoms with Crippen LogP contribution >= 0.6 is 23.2 Å². The monoisotopic (exact) mass is 316 g/mol. The molecule has 2 rings (SSSR count). The molecule has 0 spiro atoms. The van der Waals surface area contributed by atoms with Crippen LogP contribution < -0.4 is 5.32 Å². The smallest absolute Gasteiger partial charge is 0.321 e. The average Bonchev–Trinajstić information content (AvgIpc) is 2.81. The summed E-state index contributed by atoms with van der Waals surface area (Å²) in [6.07, 6.45) is 0.770. The van der Waals surface area contributed by atoms with Crippen LogP contribution in [0.25, 0.3) is 0 Å². The Morgan fingerprint density at radius 1 is 1.35 bits per heavy atom. The zero-order valence-corrected chi connectivity index (χ0v) is 12.1. The van der Waals surface area contributed by atoms with Crippen molar-refractivity contribution in [1.29, 1.82) is 0 Å². The van der Waals surface area contributed by atoms with Crippen molar-refractivity contribution in [2.75, 3.05) is 18.4 Å². The minimum atomic E-state index is -0.841. The van der Waals surface area contributed by atoms with Crippen molar-refractivity contribution in [2.24, 2.45) is 5.92 Å². The summed E-state index contributed by atoms with van der Waals surface area (Å²) in [6.45, 7) is 0.964. The summed E-state index contributed by atoms with van der Waals surface area (Å²) in [7, 11) is 0. The van der Waals surface area contributed by atoms with E-state index in [-0.39, 0.29) is 18.4 Å². The second-order valence-electron chi connectivity index (χ2n) is 4.73. The molecule has 108 valence electrons. The first-order valence-corrected chi connectivity index (χ1v) is 6.94. The third-order valence-electron chi connectivity index (χ3n) is 3.23. The molecular formula is C13H14Cl2N2O3. The number of amides is 2. The third-order valence-corrected chi connectivity index (χ3v) is 3.86. The van der Waals surface area contributed by atoms with Gasteiger partial charge in [0.25, 0.3) is 0 Å². The van der Waals surface area contributed by atoms with E-state index in [1.807, 2.05) is 0 Å². The number of halogens is 2. The second kappa shape index (κ2) is 6.33. The fourth-order valence-corrected chi connectivity index (χ4v) is 2.73. The number of hydrogen-bond donors (Lipinski definition) is 2. The molecule has 1 unspecified atom stereocenters. The highest BCUT2D eigenvalue weighted by atomic mass is 35.5. The van der Waals surface area contributed by atoms with Crippen LogP contribution in [0.1, 0.15) is 12.8 Å². The van der Waals surface area contributed by atoms with Crippen LogP contribution in [-0.4, -0.2) is 35.1 Å². The molecule has 5 nitrogen and oxygen atoms in total. The van der Waals surface area contributed by atoms with Crippen LogP contribution in [0, 0.1) is 5.92 Å². The van der Waals surface area contributed by atoms with Gasteiger partial charge in [-0.25, -0.2) is 4.79 Å². The van der Waals surface area contributed by atoms with E-state index in [0.29, 0.717) is 35.2 Å². The summed E-state index contributed by atoms with van der Waals surface area (Å²) >= 11 is 12.0. The standard InChI is InChI=1S/C13H14Cl2N2O3/c14-9-2-1-3-10(15)12(9)16-13(20)17-5-4-8(7-17)6-11(18)19/h1-3,8H,4-7H2,(H,16,20)(H,18,19). The number of carbonyl (C=O) groups is 2. The molecule has 1 aromatic carbocycles. The van der Waals surface area contributed by atoms with E-state index in [0.717, 1.165) is 0 Å². The average molecular weight is 317 g/mol. The fourth-order valence-electron chi connectivity index (χ4n) is 2.23. The minimum Gasteiger partial charge on any atom is -0.481 e. The highest BCUT2D eigenvalue weighted by molar-refractivity contribution is 6.39. The first-order chi connectivity index (χ1) is 9.47. The van der Waals surface area contributed by atoms with E-state index in [9.17, 15) is 9.59 Å². The number of rotatable bonds is 3. The first kappa shape index (κ1) is 14.9. The summed E-state index contributed by atoms with van der Waals surface area (Å²) in [6, 6.07) is 4.66. The van der Waals surface area contributed by atoms with Crippen LogP contribution in [0.4, 0.5) is 10.5 Å². The Balaban J connectivity index is 1.98. The van der Waals surface area contributed by atoms with E-state index in [2.05, 4.69) is 5.32 Å². The quantitative estimate of drug-likeness (QED) is 0.898. The van der Waals surface area contributed by atoms with Gasteiger partial charge in [-0.1, -0.05) is 29.3 Å². The van der Waals surface area contributed by atoms with Gasteiger partial charge in [0.15, 0.2) is 0 Å². The summed E-state index contributed by atoms with van der Waals surface area (Å²) < 4.78 is 0. The molecule has 0 radical (unpaired) electrons. The topological polar surface area (TPSA) is 69.6 Å². The number of carboxylic acid groups (broad SMARTS) is 1. The summed E-state index contributed by atoms with van der Waals surface area (Å²) in [4.78, 5) is 24.3. The first-order valence-electron chi connectivity index (χ1n) is 6.19. The van der Waals surface area contributed by atoms with Gasteiger partial charge < -0.3 is 15.3 Å². The largest absolute Gasteiger partial charge is 0.481 e. The van der Waals surface area contributed by atoms with Crippen molar-refractivity contribution >= 4 is 40.9 Å². The number of para-hydroxylation sites is 1. The zero-order valence-electron chi connectivity index (χ0n) is 10.6. The van der Waals surface area contributed by atoms with Crippen LogP contribution in [0.5, 0.6) is 0 Å². The number of hydrogen-bond acceptors (Lipinski definition) is 2. The lowest BCUT2D eigenvalue weighted by molar-refractivity contribution is -0.138. The number of nitrogens with one attached hydrogen (secondary N) is 1. The number of carboxylic acids is 1. The number of likely N-dealkylation sites (tertiary alicyclic amines) is 1. The normalized spacial score (nSPS) is 18.1. The van der Waals surface area contributed by atoms with Gasteiger partial charge in [0.2, 0.25) is 0 Å². The summed E-state index contributed by atoms with van der Waals surface area (Å²) in [5.41, 5.74) is 0.377. The van der Waals surface area contributed by atoms with Gasteiger partial charge in [-0.3, -0.25) is 4.79 Å². The van der Waals surface area contributed by atoms with E-state index in [4.69, 9.17) is 28.3 Å². The van der Waals surface area contributed by atoms with Gasteiger partial charge in [0.1, 0.15) is 0 Å². The van der Waals surface area contributed by atoms with Gasteiger partial charge in [-0.2, -0.15) is 0 Å². The predicted molar refractivity (Wildman–Crippen MR) is 77.4 cm³/mol. The molecule has 1 aromatic rings. The number of benzene rings is 1. The Bertz CT molecular complexity index is 516. The Morgan fingerprint density at radius 2 is 2.00 bits per heavy atom. The molecular weight excluding hydrogens is 303 g/mol.